The molecule has 20 heavy (non-hydrogen) atoms. The van der Waals surface area contributed by atoms with Gasteiger partial charge in [0.05, 0.1) is 10.6 Å². The second kappa shape index (κ2) is 5.95. The average Bonchev–Trinajstić information content (AvgIpc) is 2.39. The number of benzene rings is 2. The summed E-state index contributed by atoms with van der Waals surface area (Å²) >= 11 is 5.76. The fraction of sp³-hybridized carbons (Fsp3) is 0.200. The summed E-state index contributed by atoms with van der Waals surface area (Å²) in [6, 6.07) is 13.1. The van der Waals surface area contributed by atoms with Crippen molar-refractivity contribution in [3.63, 3.8) is 0 Å². The summed E-state index contributed by atoms with van der Waals surface area (Å²) in [5, 5.41) is 0.507. The van der Waals surface area contributed by atoms with Crippen molar-refractivity contribution < 1.29 is 8.42 Å². The zero-order valence-electron chi connectivity index (χ0n) is 11.1. The van der Waals surface area contributed by atoms with E-state index in [1.807, 2.05) is 31.2 Å². The highest BCUT2D eigenvalue weighted by molar-refractivity contribution is 7.91. The first-order valence-corrected chi connectivity index (χ1v) is 8.22. The van der Waals surface area contributed by atoms with Crippen LogP contribution in [0.2, 0.25) is 5.02 Å². The molecule has 0 aliphatic carbocycles. The molecule has 3 nitrogen and oxygen atoms in total. The quantitative estimate of drug-likeness (QED) is 0.944. The lowest BCUT2D eigenvalue weighted by Gasteiger charge is -2.15. The van der Waals surface area contributed by atoms with Crippen LogP contribution in [0.15, 0.2) is 53.4 Å². The van der Waals surface area contributed by atoms with Gasteiger partial charge in [0.2, 0.25) is 0 Å². The summed E-state index contributed by atoms with van der Waals surface area (Å²) < 4.78 is 24.6. The lowest BCUT2D eigenvalue weighted by Crippen LogP contribution is -2.22. The van der Waals surface area contributed by atoms with E-state index in [4.69, 9.17) is 17.3 Å². The molecule has 0 amide bonds. The first-order valence-electron chi connectivity index (χ1n) is 6.19. The van der Waals surface area contributed by atoms with Gasteiger partial charge in [-0.15, -0.1) is 0 Å². The molecule has 0 radical (unpaired) electrons. The summed E-state index contributed by atoms with van der Waals surface area (Å²) in [4.78, 5) is 0.242. The van der Waals surface area contributed by atoms with Crippen molar-refractivity contribution in [2.45, 2.75) is 17.9 Å². The number of aryl methyl sites for hydroxylation is 1. The van der Waals surface area contributed by atoms with Gasteiger partial charge in [0.15, 0.2) is 9.84 Å². The molecule has 0 saturated carbocycles. The molecule has 1 unspecified atom stereocenters. The van der Waals surface area contributed by atoms with E-state index >= 15 is 0 Å². The second-order valence-electron chi connectivity index (χ2n) is 4.70. The first-order chi connectivity index (χ1) is 9.40. The van der Waals surface area contributed by atoms with Gasteiger partial charge in [-0.1, -0.05) is 35.9 Å². The van der Waals surface area contributed by atoms with Crippen LogP contribution in [0.5, 0.6) is 0 Å². The van der Waals surface area contributed by atoms with Crippen LogP contribution in [0.1, 0.15) is 17.2 Å². The molecular weight excluding hydrogens is 294 g/mol. The Kier molecular flexibility index (Phi) is 4.48. The van der Waals surface area contributed by atoms with Crippen LogP contribution in [-0.2, 0) is 9.84 Å². The van der Waals surface area contributed by atoms with E-state index in [9.17, 15) is 8.42 Å². The Bertz CT molecular complexity index is 696. The molecule has 0 saturated heterocycles. The Hall–Kier alpha value is -1.36. The minimum atomic E-state index is -3.42. The highest BCUT2D eigenvalue weighted by Gasteiger charge is 2.20. The van der Waals surface area contributed by atoms with E-state index < -0.39 is 15.9 Å². The first kappa shape index (κ1) is 15.0. The van der Waals surface area contributed by atoms with Gasteiger partial charge in [0.1, 0.15) is 0 Å². The van der Waals surface area contributed by atoms with E-state index in [2.05, 4.69) is 0 Å². The molecule has 2 aromatic carbocycles. The molecule has 0 heterocycles. The van der Waals surface area contributed by atoms with Crippen molar-refractivity contribution in [1.29, 1.82) is 0 Å². The number of halogens is 1. The summed E-state index contributed by atoms with van der Waals surface area (Å²) in [6.07, 6.45) is 0. The lowest BCUT2D eigenvalue weighted by molar-refractivity contribution is 0.588. The van der Waals surface area contributed by atoms with E-state index in [1.54, 1.807) is 12.1 Å². The van der Waals surface area contributed by atoms with Gasteiger partial charge in [0.25, 0.3) is 0 Å². The van der Waals surface area contributed by atoms with Gasteiger partial charge < -0.3 is 5.73 Å². The fourth-order valence-corrected chi connectivity index (χ4v) is 3.59. The lowest BCUT2D eigenvalue weighted by atomic mass is 10.0. The molecule has 2 N–H and O–H groups in total. The summed E-state index contributed by atoms with van der Waals surface area (Å²) in [6.45, 7) is 1.92. The van der Waals surface area contributed by atoms with Gasteiger partial charge in [-0.3, -0.25) is 0 Å². The highest BCUT2D eigenvalue weighted by Crippen LogP contribution is 2.21. The van der Waals surface area contributed by atoms with Gasteiger partial charge in [0, 0.05) is 11.1 Å². The Morgan fingerprint density at radius 2 is 1.70 bits per heavy atom. The Morgan fingerprint density at radius 3 is 2.30 bits per heavy atom. The van der Waals surface area contributed by atoms with Crippen LogP contribution < -0.4 is 5.73 Å². The Morgan fingerprint density at radius 1 is 1.10 bits per heavy atom. The maximum Gasteiger partial charge on any atom is 0.180 e. The molecular formula is C15H16ClNO2S. The topological polar surface area (TPSA) is 60.2 Å². The van der Waals surface area contributed by atoms with E-state index in [-0.39, 0.29) is 10.6 Å². The molecule has 0 aromatic heterocycles. The minimum Gasteiger partial charge on any atom is -0.323 e. The molecule has 0 bridgehead atoms. The van der Waals surface area contributed by atoms with Crippen LogP contribution in [0.3, 0.4) is 0 Å². The standard InChI is InChI=1S/C15H16ClNO2S/c1-11-4-2-3-5-14(11)15(17)10-20(18,19)13-8-6-12(16)7-9-13/h2-9,15H,10,17H2,1H3. The molecule has 0 aliphatic rings. The third kappa shape index (κ3) is 3.39. The van der Waals surface area contributed by atoms with E-state index in [0.717, 1.165) is 11.1 Å². The van der Waals surface area contributed by atoms with Crippen molar-refractivity contribution in [1.82, 2.24) is 0 Å². The van der Waals surface area contributed by atoms with Crippen LogP contribution in [0.25, 0.3) is 0 Å². The number of nitrogens with two attached hydrogens (primary N) is 1. The molecule has 2 rings (SSSR count). The van der Waals surface area contributed by atoms with E-state index in [0.29, 0.717) is 5.02 Å². The number of hydrogen-bond donors (Lipinski definition) is 1. The van der Waals surface area contributed by atoms with E-state index in [1.165, 1.54) is 12.1 Å². The summed E-state index contributed by atoms with van der Waals surface area (Å²) in [5.74, 6) is -0.126. The molecule has 0 spiro atoms. The van der Waals surface area contributed by atoms with Crippen LogP contribution >= 0.6 is 11.6 Å². The second-order valence-corrected chi connectivity index (χ2v) is 7.17. The fourth-order valence-electron chi connectivity index (χ4n) is 2.07. The summed E-state index contributed by atoms with van der Waals surface area (Å²) in [5.41, 5.74) is 7.89. The maximum absolute atomic E-state index is 12.3. The van der Waals surface area contributed by atoms with Crippen LogP contribution in [0.4, 0.5) is 0 Å². The van der Waals surface area contributed by atoms with Gasteiger partial charge in [-0.2, -0.15) is 0 Å². The predicted octanol–water partition coefficient (Wildman–Crippen LogP) is 3.12. The van der Waals surface area contributed by atoms with Gasteiger partial charge in [-0.05, 0) is 42.3 Å². The average molecular weight is 310 g/mol. The molecule has 0 fully saturated rings. The third-order valence-electron chi connectivity index (χ3n) is 3.16. The number of rotatable bonds is 4. The van der Waals surface area contributed by atoms with Crippen molar-refractivity contribution in [3.05, 3.63) is 64.7 Å². The SMILES string of the molecule is Cc1ccccc1C(N)CS(=O)(=O)c1ccc(Cl)cc1. The minimum absolute atomic E-state index is 0.126. The van der Waals surface area contributed by atoms with Crippen molar-refractivity contribution in [3.8, 4) is 0 Å². The van der Waals surface area contributed by atoms with Gasteiger partial charge >= 0.3 is 0 Å². The van der Waals surface area contributed by atoms with Gasteiger partial charge in [-0.25, -0.2) is 8.42 Å². The largest absolute Gasteiger partial charge is 0.323 e. The van der Waals surface area contributed by atoms with Crippen molar-refractivity contribution >= 4 is 21.4 Å². The smallest absolute Gasteiger partial charge is 0.180 e. The van der Waals surface area contributed by atoms with Crippen molar-refractivity contribution in [2.75, 3.05) is 5.75 Å². The third-order valence-corrected chi connectivity index (χ3v) is 5.20. The molecule has 106 valence electrons. The zero-order chi connectivity index (χ0) is 14.8. The van der Waals surface area contributed by atoms with Crippen LogP contribution in [0, 0.1) is 6.92 Å². The normalized spacial score (nSPS) is 13.2. The van der Waals surface area contributed by atoms with Crippen LogP contribution in [-0.4, -0.2) is 14.2 Å². The predicted molar refractivity (Wildman–Crippen MR) is 81.6 cm³/mol. The number of hydrogen-bond acceptors (Lipinski definition) is 3. The summed E-state index contributed by atoms with van der Waals surface area (Å²) in [7, 11) is -3.42. The monoisotopic (exact) mass is 309 g/mol. The molecule has 5 heteroatoms. The number of sulfone groups is 1. The highest BCUT2D eigenvalue weighted by atomic mass is 35.5. The Balaban J connectivity index is 2.24. The Labute approximate surface area is 124 Å². The maximum atomic E-state index is 12.3. The zero-order valence-corrected chi connectivity index (χ0v) is 12.7. The molecule has 0 aliphatic heterocycles. The molecule has 1 atom stereocenters. The molecule has 2 aromatic rings. The van der Waals surface area contributed by atoms with Crippen molar-refractivity contribution in [2.24, 2.45) is 5.73 Å².